The van der Waals surface area contributed by atoms with Crippen molar-refractivity contribution in [1.29, 1.82) is 0 Å². The van der Waals surface area contributed by atoms with E-state index in [0.29, 0.717) is 10.1 Å². The van der Waals surface area contributed by atoms with E-state index in [1.165, 1.54) is 12.1 Å². The highest BCUT2D eigenvalue weighted by atomic mass is 32.2. The van der Waals surface area contributed by atoms with Crippen molar-refractivity contribution < 1.29 is 19.7 Å². The zero-order chi connectivity index (χ0) is 23.4. The summed E-state index contributed by atoms with van der Waals surface area (Å²) in [6.07, 6.45) is 0. The van der Waals surface area contributed by atoms with Gasteiger partial charge < -0.3 is 0 Å². The Bertz CT molecular complexity index is 1180. The van der Waals surface area contributed by atoms with Gasteiger partial charge in [0, 0.05) is 12.1 Å². The van der Waals surface area contributed by atoms with Crippen LogP contribution in [0.25, 0.3) is 0 Å². The van der Waals surface area contributed by atoms with Crippen molar-refractivity contribution >= 4 is 46.3 Å². The second-order valence-corrected chi connectivity index (χ2v) is 7.98. The van der Waals surface area contributed by atoms with Crippen LogP contribution < -0.4 is 0 Å². The normalized spacial score (nSPS) is 10.5. The molecule has 0 amide bonds. The number of pyridine rings is 1. The summed E-state index contributed by atoms with van der Waals surface area (Å²) >= 11 is 1.79. The molecule has 0 saturated heterocycles. The van der Waals surface area contributed by atoms with Gasteiger partial charge in [-0.25, -0.2) is 4.98 Å². The van der Waals surface area contributed by atoms with E-state index in [9.17, 15) is 40.5 Å². The van der Waals surface area contributed by atoms with Crippen LogP contribution in [0.4, 0.5) is 22.7 Å². The van der Waals surface area contributed by atoms with E-state index in [4.69, 9.17) is 0 Å². The molecule has 0 N–H and O–H groups in total. The Morgan fingerprint density at radius 1 is 0.594 bits per heavy atom. The highest BCUT2D eigenvalue weighted by Crippen LogP contribution is 2.39. The molecule has 13 nitrogen and oxygen atoms in total. The lowest BCUT2D eigenvalue weighted by Crippen LogP contribution is -1.95. The van der Waals surface area contributed by atoms with Gasteiger partial charge in [0.2, 0.25) is 0 Å². The number of nitrogens with zero attached hydrogens (tertiary/aromatic N) is 5. The Kier molecular flexibility index (Phi) is 6.60. The average molecular weight is 475 g/mol. The number of hydrogen-bond acceptors (Lipinski definition) is 11. The smallest absolute Gasteiger partial charge is 0.258 e. The molecule has 3 rings (SSSR count). The first-order valence-electron chi connectivity index (χ1n) is 8.34. The Morgan fingerprint density at radius 2 is 1.00 bits per heavy atom. The molecule has 0 unspecified atom stereocenters. The van der Waals surface area contributed by atoms with Crippen LogP contribution in [0.2, 0.25) is 0 Å². The first kappa shape index (κ1) is 22.6. The quantitative estimate of drug-likeness (QED) is 0.314. The molecule has 0 bridgehead atoms. The fourth-order valence-electron chi connectivity index (χ4n) is 2.43. The molecule has 0 aliphatic heterocycles. The van der Waals surface area contributed by atoms with Crippen molar-refractivity contribution in [2.24, 2.45) is 0 Å². The van der Waals surface area contributed by atoms with Gasteiger partial charge in [0.25, 0.3) is 22.7 Å². The molecule has 162 valence electrons. The van der Waals surface area contributed by atoms with Crippen LogP contribution in [0.15, 0.2) is 74.4 Å². The van der Waals surface area contributed by atoms with E-state index in [0.717, 1.165) is 47.8 Å². The number of non-ortho nitro benzene ring substituents is 2. The molecular weight excluding hydrogens is 466 g/mol. The molecule has 0 spiro atoms. The second kappa shape index (κ2) is 9.36. The molecule has 0 radical (unpaired) electrons. The Morgan fingerprint density at radius 3 is 1.34 bits per heavy atom. The van der Waals surface area contributed by atoms with E-state index in [1.54, 1.807) is 18.2 Å². The Labute approximate surface area is 186 Å². The summed E-state index contributed by atoms with van der Waals surface area (Å²) in [6.45, 7) is 0. The molecule has 15 heteroatoms. The summed E-state index contributed by atoms with van der Waals surface area (Å²) < 4.78 is 0. The number of hydrogen-bond donors (Lipinski definition) is 0. The molecular formula is C17H9N5O8S2. The van der Waals surface area contributed by atoms with Crippen molar-refractivity contribution in [1.82, 2.24) is 4.98 Å². The largest absolute Gasteiger partial charge is 0.290 e. The van der Waals surface area contributed by atoms with Crippen LogP contribution in [-0.2, 0) is 0 Å². The topological polar surface area (TPSA) is 185 Å². The maximum atomic E-state index is 11.3. The molecule has 1 heterocycles. The van der Waals surface area contributed by atoms with Crippen LogP contribution in [0.3, 0.4) is 0 Å². The molecule has 3 aromatic rings. The average Bonchev–Trinajstić information content (AvgIpc) is 2.74. The van der Waals surface area contributed by atoms with Gasteiger partial charge in [-0.2, -0.15) is 0 Å². The molecule has 32 heavy (non-hydrogen) atoms. The van der Waals surface area contributed by atoms with Crippen molar-refractivity contribution in [2.75, 3.05) is 0 Å². The van der Waals surface area contributed by atoms with Gasteiger partial charge in [0.05, 0.1) is 41.6 Å². The van der Waals surface area contributed by atoms with Gasteiger partial charge in [-0.05, 0) is 24.3 Å². The monoisotopic (exact) mass is 475 g/mol. The van der Waals surface area contributed by atoms with Gasteiger partial charge in [-0.3, -0.25) is 40.5 Å². The summed E-state index contributed by atoms with van der Waals surface area (Å²) in [5, 5.41) is 45.0. The van der Waals surface area contributed by atoms with Crippen molar-refractivity contribution in [3.8, 4) is 0 Å². The highest BCUT2D eigenvalue weighted by molar-refractivity contribution is 8.00. The SMILES string of the molecule is O=[N+]([O-])c1ccc(Sc2cccc(Sc3ccc([N+](=O)[O-])cc3[N+](=O)[O-])n2)c([N+](=O)[O-])c1. The van der Waals surface area contributed by atoms with E-state index in [2.05, 4.69) is 4.98 Å². The van der Waals surface area contributed by atoms with Crippen LogP contribution in [0.1, 0.15) is 0 Å². The zero-order valence-electron chi connectivity index (χ0n) is 15.5. The number of benzene rings is 2. The summed E-state index contributed by atoms with van der Waals surface area (Å²) in [5.74, 6) is 0. The van der Waals surface area contributed by atoms with Crippen molar-refractivity contribution in [2.45, 2.75) is 19.8 Å². The molecule has 0 aliphatic rings. The van der Waals surface area contributed by atoms with Gasteiger partial charge in [0.1, 0.15) is 10.1 Å². The third-order valence-corrected chi connectivity index (χ3v) is 5.83. The van der Waals surface area contributed by atoms with E-state index < -0.39 is 42.4 Å². The number of rotatable bonds is 8. The lowest BCUT2D eigenvalue weighted by atomic mass is 10.3. The third kappa shape index (κ3) is 5.13. The van der Waals surface area contributed by atoms with Crippen LogP contribution in [0.5, 0.6) is 0 Å². The lowest BCUT2D eigenvalue weighted by Gasteiger charge is -2.06. The fraction of sp³-hybridized carbons (Fsp3) is 0. The zero-order valence-corrected chi connectivity index (χ0v) is 17.1. The minimum Gasteiger partial charge on any atom is -0.258 e. The first-order chi connectivity index (χ1) is 15.2. The van der Waals surface area contributed by atoms with E-state index >= 15 is 0 Å². The standard InChI is InChI=1S/C17H9N5O8S2/c23-19(24)10-4-6-14(12(8-10)21(27)28)31-16-2-1-3-17(18-16)32-15-7-5-11(20(25)26)9-13(15)22(29)30/h1-9H. The second-order valence-electron chi connectivity index (χ2n) is 5.85. The Hall–Kier alpha value is -4.11. The van der Waals surface area contributed by atoms with Crippen LogP contribution in [0, 0.1) is 40.5 Å². The minimum absolute atomic E-state index is 0.122. The molecule has 0 atom stereocenters. The predicted molar refractivity (Wildman–Crippen MR) is 112 cm³/mol. The first-order valence-corrected chi connectivity index (χ1v) is 9.97. The molecule has 0 saturated carbocycles. The van der Waals surface area contributed by atoms with Crippen LogP contribution in [-0.4, -0.2) is 24.7 Å². The number of nitro groups is 4. The Balaban J connectivity index is 1.91. The fourth-order valence-corrected chi connectivity index (χ4v) is 4.27. The molecule has 0 fully saturated rings. The summed E-state index contributed by atoms with van der Waals surface area (Å²) in [6, 6.07) is 11.1. The lowest BCUT2D eigenvalue weighted by molar-refractivity contribution is -0.396. The predicted octanol–water partition coefficient (Wildman–Crippen LogP) is 5.02. The van der Waals surface area contributed by atoms with Gasteiger partial charge in [-0.1, -0.05) is 29.6 Å². The molecule has 2 aromatic carbocycles. The number of aromatic nitrogens is 1. The van der Waals surface area contributed by atoms with Crippen molar-refractivity contribution in [3.05, 3.63) is 95.1 Å². The maximum Gasteiger partial charge on any atom is 0.290 e. The van der Waals surface area contributed by atoms with E-state index in [1.807, 2.05) is 0 Å². The van der Waals surface area contributed by atoms with Gasteiger partial charge >= 0.3 is 0 Å². The maximum absolute atomic E-state index is 11.3. The summed E-state index contributed by atoms with van der Waals surface area (Å²) in [7, 11) is 0. The van der Waals surface area contributed by atoms with Crippen LogP contribution >= 0.6 is 23.5 Å². The highest BCUT2D eigenvalue weighted by Gasteiger charge is 2.22. The van der Waals surface area contributed by atoms with E-state index in [-0.39, 0.29) is 9.79 Å². The van der Waals surface area contributed by atoms with Gasteiger partial charge in [-0.15, -0.1) is 0 Å². The molecule has 1 aromatic heterocycles. The molecule has 0 aliphatic carbocycles. The minimum atomic E-state index is -0.742. The van der Waals surface area contributed by atoms with Gasteiger partial charge in [0.15, 0.2) is 0 Å². The number of nitro benzene ring substituents is 4. The third-order valence-electron chi connectivity index (χ3n) is 3.83. The summed E-state index contributed by atoms with van der Waals surface area (Å²) in [5.41, 5.74) is -1.78. The summed E-state index contributed by atoms with van der Waals surface area (Å²) in [4.78, 5) is 45.9. The van der Waals surface area contributed by atoms with Crippen molar-refractivity contribution in [3.63, 3.8) is 0 Å².